The van der Waals surface area contributed by atoms with Crippen LogP contribution in [0.2, 0.25) is 0 Å². The molecule has 8 nitrogen and oxygen atoms in total. The minimum Gasteiger partial charge on any atom is -0.469 e. The third-order valence-electron chi connectivity index (χ3n) is 4.92. The lowest BCUT2D eigenvalue weighted by Gasteiger charge is -2.40. The minimum atomic E-state index is -1.04. The number of benzene rings is 1. The molecule has 0 spiro atoms. The van der Waals surface area contributed by atoms with Gasteiger partial charge in [0, 0.05) is 12.7 Å². The Morgan fingerprint density at radius 1 is 1.23 bits per heavy atom. The van der Waals surface area contributed by atoms with Gasteiger partial charge in [0.15, 0.2) is 0 Å². The van der Waals surface area contributed by atoms with Crippen LogP contribution in [0.25, 0.3) is 0 Å². The van der Waals surface area contributed by atoms with Gasteiger partial charge in [-0.25, -0.2) is 9.59 Å². The summed E-state index contributed by atoms with van der Waals surface area (Å²) in [5.41, 5.74) is 1.91. The summed E-state index contributed by atoms with van der Waals surface area (Å²) in [7, 11) is 2.62. The van der Waals surface area contributed by atoms with E-state index in [1.165, 1.54) is 11.9 Å². The van der Waals surface area contributed by atoms with Gasteiger partial charge in [-0.1, -0.05) is 30.3 Å². The van der Waals surface area contributed by atoms with Gasteiger partial charge >= 0.3 is 18.0 Å². The van der Waals surface area contributed by atoms with Gasteiger partial charge in [0.25, 0.3) is 0 Å². The van der Waals surface area contributed by atoms with E-state index >= 15 is 0 Å². The summed E-state index contributed by atoms with van der Waals surface area (Å²) >= 11 is 0. The van der Waals surface area contributed by atoms with Crippen LogP contribution in [-0.2, 0) is 30.3 Å². The second-order valence-corrected chi connectivity index (χ2v) is 6.67. The van der Waals surface area contributed by atoms with Crippen LogP contribution in [-0.4, -0.2) is 54.4 Å². The Balaban J connectivity index is 2.75. The predicted molar refractivity (Wildman–Crippen MR) is 109 cm³/mol. The van der Waals surface area contributed by atoms with E-state index in [4.69, 9.17) is 4.74 Å². The number of carbonyl (C=O) groups is 4. The second kappa shape index (κ2) is 9.87. The van der Waals surface area contributed by atoms with Crippen molar-refractivity contribution in [1.82, 2.24) is 9.80 Å². The molecule has 0 radical (unpaired) electrons. The molecular formula is C22H26N2O6. The predicted octanol–water partition coefficient (Wildman–Crippen LogP) is 2.75. The highest BCUT2D eigenvalue weighted by molar-refractivity contribution is 6.06. The number of carbonyl (C=O) groups excluding carboxylic acids is 4. The molecule has 0 N–H and O–H groups in total. The molecule has 160 valence electrons. The van der Waals surface area contributed by atoms with Gasteiger partial charge in [-0.05, 0) is 31.4 Å². The molecule has 1 aromatic rings. The average molecular weight is 414 g/mol. The topological polar surface area (TPSA) is 93.2 Å². The van der Waals surface area contributed by atoms with Crippen LogP contribution in [0.3, 0.4) is 0 Å². The Hall–Kier alpha value is -3.42. The van der Waals surface area contributed by atoms with E-state index in [1.807, 2.05) is 12.1 Å². The minimum absolute atomic E-state index is 0.129. The van der Waals surface area contributed by atoms with Crippen LogP contribution in [0.15, 0.2) is 48.2 Å². The summed E-state index contributed by atoms with van der Waals surface area (Å²) in [5.74, 6) is -2.19. The third kappa shape index (κ3) is 4.42. The lowest BCUT2D eigenvalue weighted by molar-refractivity contribution is -0.146. The molecule has 1 aliphatic heterocycles. The fraction of sp³-hybridized carbons (Fsp3) is 0.364. The summed E-state index contributed by atoms with van der Waals surface area (Å²) in [5, 5.41) is 0. The number of allylic oxidation sites excluding steroid dienone is 2. The summed E-state index contributed by atoms with van der Waals surface area (Å²) in [6, 6.07) is 5.47. The zero-order valence-electron chi connectivity index (χ0n) is 17.6. The number of imide groups is 1. The molecule has 0 saturated heterocycles. The Morgan fingerprint density at radius 2 is 1.90 bits per heavy atom. The number of rotatable bonds is 7. The van der Waals surface area contributed by atoms with Gasteiger partial charge in [-0.3, -0.25) is 14.5 Å². The first kappa shape index (κ1) is 22.9. The SMILES string of the molecule is C=CCc1ccccc1C1C(C(=O)OCC)=C(C)N(C)C(=O)N1C(=O)CC(=O)OC. The van der Waals surface area contributed by atoms with Crippen molar-refractivity contribution in [2.75, 3.05) is 20.8 Å². The number of nitrogens with zero attached hydrogens (tertiary/aromatic N) is 2. The normalized spacial score (nSPS) is 16.4. The lowest BCUT2D eigenvalue weighted by Crippen LogP contribution is -2.52. The molecule has 0 aromatic heterocycles. The second-order valence-electron chi connectivity index (χ2n) is 6.67. The van der Waals surface area contributed by atoms with Gasteiger partial charge in [0.05, 0.1) is 19.3 Å². The van der Waals surface area contributed by atoms with Crippen LogP contribution >= 0.6 is 0 Å². The van der Waals surface area contributed by atoms with Crippen molar-refractivity contribution in [3.05, 3.63) is 59.3 Å². The number of esters is 2. The van der Waals surface area contributed by atoms with Crippen molar-refractivity contribution >= 4 is 23.9 Å². The van der Waals surface area contributed by atoms with Crippen LogP contribution in [0.5, 0.6) is 0 Å². The number of urea groups is 1. The number of ether oxygens (including phenoxy) is 2. The van der Waals surface area contributed by atoms with Crippen molar-refractivity contribution in [1.29, 1.82) is 0 Å². The van der Waals surface area contributed by atoms with E-state index in [0.29, 0.717) is 17.7 Å². The molecule has 30 heavy (non-hydrogen) atoms. The number of methoxy groups -OCH3 is 1. The molecule has 0 bridgehead atoms. The lowest BCUT2D eigenvalue weighted by atomic mass is 9.89. The maximum Gasteiger partial charge on any atom is 0.338 e. The highest BCUT2D eigenvalue weighted by Gasteiger charge is 2.45. The average Bonchev–Trinajstić information content (AvgIpc) is 2.72. The maximum atomic E-state index is 13.1. The molecule has 0 aliphatic carbocycles. The third-order valence-corrected chi connectivity index (χ3v) is 4.92. The van der Waals surface area contributed by atoms with E-state index in [1.54, 1.807) is 32.1 Å². The first-order chi connectivity index (χ1) is 14.3. The Kier molecular flexibility index (Phi) is 7.52. The summed E-state index contributed by atoms with van der Waals surface area (Å²) in [4.78, 5) is 52.8. The zero-order chi connectivity index (χ0) is 22.4. The van der Waals surface area contributed by atoms with Crippen LogP contribution in [0.1, 0.15) is 37.4 Å². The van der Waals surface area contributed by atoms with Gasteiger partial charge in [0.1, 0.15) is 12.5 Å². The number of hydrogen-bond donors (Lipinski definition) is 0. The largest absolute Gasteiger partial charge is 0.469 e. The summed E-state index contributed by atoms with van der Waals surface area (Å²) < 4.78 is 9.82. The number of hydrogen-bond acceptors (Lipinski definition) is 6. The van der Waals surface area contributed by atoms with Gasteiger partial charge < -0.3 is 14.4 Å². The van der Waals surface area contributed by atoms with E-state index < -0.39 is 36.3 Å². The Bertz CT molecular complexity index is 905. The molecule has 1 unspecified atom stereocenters. The monoisotopic (exact) mass is 414 g/mol. The molecule has 0 saturated carbocycles. The molecule has 1 heterocycles. The fourth-order valence-corrected chi connectivity index (χ4v) is 3.36. The van der Waals surface area contributed by atoms with Crippen LogP contribution in [0.4, 0.5) is 4.79 Å². The Morgan fingerprint density at radius 3 is 2.50 bits per heavy atom. The molecule has 0 fully saturated rings. The van der Waals surface area contributed by atoms with Crippen molar-refractivity contribution in [3.8, 4) is 0 Å². The van der Waals surface area contributed by atoms with E-state index in [2.05, 4.69) is 11.3 Å². The van der Waals surface area contributed by atoms with Crippen molar-refractivity contribution in [2.45, 2.75) is 32.7 Å². The number of amides is 3. The highest BCUT2D eigenvalue weighted by Crippen LogP contribution is 2.39. The van der Waals surface area contributed by atoms with E-state index in [-0.39, 0.29) is 12.2 Å². The smallest absolute Gasteiger partial charge is 0.338 e. The molecule has 1 aliphatic rings. The van der Waals surface area contributed by atoms with E-state index in [9.17, 15) is 19.2 Å². The Labute approximate surface area is 175 Å². The molecule has 2 rings (SSSR count). The first-order valence-corrected chi connectivity index (χ1v) is 9.51. The first-order valence-electron chi connectivity index (χ1n) is 9.51. The van der Waals surface area contributed by atoms with Crippen LogP contribution < -0.4 is 0 Å². The quantitative estimate of drug-likeness (QED) is 0.387. The van der Waals surface area contributed by atoms with Crippen molar-refractivity contribution < 1.29 is 28.7 Å². The summed E-state index contributed by atoms with van der Waals surface area (Å²) in [6.07, 6.45) is 1.52. The van der Waals surface area contributed by atoms with E-state index in [0.717, 1.165) is 17.6 Å². The molecule has 3 amide bonds. The fourth-order valence-electron chi connectivity index (χ4n) is 3.36. The molecule has 8 heteroatoms. The standard InChI is InChI=1S/C22H26N2O6/c1-6-10-15-11-8-9-12-16(15)20-19(21(27)30-7-2)14(3)23(4)22(28)24(20)17(25)13-18(26)29-5/h6,8-9,11-12,20H,1,7,10,13H2,2-5H3. The molecular weight excluding hydrogens is 388 g/mol. The van der Waals surface area contributed by atoms with Crippen LogP contribution in [0, 0.1) is 0 Å². The van der Waals surface area contributed by atoms with Gasteiger partial charge in [-0.15, -0.1) is 6.58 Å². The molecule has 1 aromatic carbocycles. The molecule has 1 atom stereocenters. The van der Waals surface area contributed by atoms with Gasteiger partial charge in [-0.2, -0.15) is 0 Å². The highest BCUT2D eigenvalue weighted by atomic mass is 16.5. The zero-order valence-corrected chi connectivity index (χ0v) is 17.6. The maximum absolute atomic E-state index is 13.1. The van der Waals surface area contributed by atoms with Gasteiger partial charge in [0.2, 0.25) is 5.91 Å². The summed E-state index contributed by atoms with van der Waals surface area (Å²) in [6.45, 7) is 7.17. The van der Waals surface area contributed by atoms with Crippen molar-refractivity contribution in [2.24, 2.45) is 0 Å². The van der Waals surface area contributed by atoms with Crippen molar-refractivity contribution in [3.63, 3.8) is 0 Å².